The lowest BCUT2D eigenvalue weighted by Crippen LogP contribution is -2.35. The minimum atomic E-state index is 0.120. The van der Waals surface area contributed by atoms with E-state index in [-0.39, 0.29) is 5.54 Å². The summed E-state index contributed by atoms with van der Waals surface area (Å²) in [6.07, 6.45) is 2.55. The van der Waals surface area contributed by atoms with Crippen molar-refractivity contribution in [1.29, 1.82) is 0 Å². The predicted octanol–water partition coefficient (Wildman–Crippen LogP) is 1.96. The van der Waals surface area contributed by atoms with E-state index in [1.165, 1.54) is 12.8 Å². The van der Waals surface area contributed by atoms with E-state index in [0.717, 1.165) is 31.1 Å². The van der Waals surface area contributed by atoms with Gasteiger partial charge in [-0.25, -0.2) is 0 Å². The zero-order chi connectivity index (χ0) is 12.3. The average molecular weight is 234 g/mol. The third kappa shape index (κ3) is 3.66. The Morgan fingerprint density at radius 1 is 1.18 bits per heavy atom. The SMILES string of the molecule is CC(C)(C)NCc1ccc(N2CCCC2)nn1. The van der Waals surface area contributed by atoms with Gasteiger partial charge in [0.25, 0.3) is 0 Å². The van der Waals surface area contributed by atoms with Crippen molar-refractivity contribution in [2.24, 2.45) is 0 Å². The molecule has 1 aromatic rings. The lowest BCUT2D eigenvalue weighted by molar-refractivity contribution is 0.420. The molecule has 0 radical (unpaired) electrons. The molecule has 17 heavy (non-hydrogen) atoms. The van der Waals surface area contributed by atoms with E-state index >= 15 is 0 Å². The van der Waals surface area contributed by atoms with Crippen LogP contribution in [0.4, 0.5) is 5.82 Å². The maximum absolute atomic E-state index is 4.30. The largest absolute Gasteiger partial charge is 0.355 e. The van der Waals surface area contributed by atoms with E-state index in [2.05, 4.69) is 53.3 Å². The number of anilines is 1. The molecule has 2 heterocycles. The van der Waals surface area contributed by atoms with Crippen LogP contribution in [0.2, 0.25) is 0 Å². The van der Waals surface area contributed by atoms with Crippen molar-refractivity contribution < 1.29 is 0 Å². The van der Waals surface area contributed by atoms with Gasteiger partial charge in [0.05, 0.1) is 5.69 Å². The first kappa shape index (κ1) is 12.3. The van der Waals surface area contributed by atoms with Crippen molar-refractivity contribution in [2.75, 3.05) is 18.0 Å². The Kier molecular flexibility index (Phi) is 3.62. The Labute approximate surface area is 103 Å². The van der Waals surface area contributed by atoms with Crippen LogP contribution in [-0.2, 0) is 6.54 Å². The molecule has 0 spiro atoms. The van der Waals surface area contributed by atoms with Crippen LogP contribution in [0.1, 0.15) is 39.3 Å². The van der Waals surface area contributed by atoms with E-state index in [9.17, 15) is 0 Å². The van der Waals surface area contributed by atoms with Crippen LogP contribution in [0.5, 0.6) is 0 Å². The maximum Gasteiger partial charge on any atom is 0.151 e. The molecule has 0 amide bonds. The van der Waals surface area contributed by atoms with Crippen molar-refractivity contribution in [2.45, 2.75) is 45.7 Å². The molecule has 1 aromatic heterocycles. The van der Waals surface area contributed by atoms with E-state index in [4.69, 9.17) is 0 Å². The molecule has 0 aliphatic carbocycles. The summed E-state index contributed by atoms with van der Waals surface area (Å²) in [5.41, 5.74) is 1.12. The molecule has 4 heteroatoms. The normalized spacial score (nSPS) is 16.5. The number of aromatic nitrogens is 2. The minimum Gasteiger partial charge on any atom is -0.355 e. The highest BCUT2D eigenvalue weighted by Crippen LogP contribution is 2.16. The average Bonchev–Trinajstić information content (AvgIpc) is 2.79. The van der Waals surface area contributed by atoms with Gasteiger partial charge in [0.15, 0.2) is 5.82 Å². The molecule has 1 aliphatic heterocycles. The molecule has 94 valence electrons. The highest BCUT2D eigenvalue weighted by atomic mass is 15.3. The van der Waals surface area contributed by atoms with Crippen LogP contribution in [0.3, 0.4) is 0 Å². The summed E-state index contributed by atoms with van der Waals surface area (Å²) in [5.74, 6) is 1.02. The quantitative estimate of drug-likeness (QED) is 0.868. The monoisotopic (exact) mass is 234 g/mol. The highest BCUT2D eigenvalue weighted by Gasteiger charge is 2.14. The number of hydrogen-bond acceptors (Lipinski definition) is 4. The topological polar surface area (TPSA) is 41.0 Å². The second-order valence-corrected chi connectivity index (χ2v) is 5.68. The van der Waals surface area contributed by atoms with Gasteiger partial charge >= 0.3 is 0 Å². The molecule has 1 fully saturated rings. The molecule has 4 nitrogen and oxygen atoms in total. The first-order chi connectivity index (χ1) is 8.04. The Morgan fingerprint density at radius 2 is 1.88 bits per heavy atom. The van der Waals surface area contributed by atoms with E-state index in [1.807, 2.05) is 0 Å². The fourth-order valence-electron chi connectivity index (χ4n) is 1.92. The van der Waals surface area contributed by atoms with Crippen LogP contribution in [-0.4, -0.2) is 28.8 Å². The molecule has 1 aliphatic rings. The van der Waals surface area contributed by atoms with Gasteiger partial charge in [0, 0.05) is 25.2 Å². The molecule has 0 atom stereocenters. The molecule has 0 saturated carbocycles. The van der Waals surface area contributed by atoms with Gasteiger partial charge in [0.2, 0.25) is 0 Å². The van der Waals surface area contributed by atoms with Crippen LogP contribution in [0, 0.1) is 0 Å². The third-order valence-electron chi connectivity index (χ3n) is 2.94. The van der Waals surface area contributed by atoms with Gasteiger partial charge < -0.3 is 10.2 Å². The summed E-state index contributed by atoms with van der Waals surface area (Å²) in [6.45, 7) is 9.47. The molecule has 0 bridgehead atoms. The predicted molar refractivity (Wildman–Crippen MR) is 70.1 cm³/mol. The fourth-order valence-corrected chi connectivity index (χ4v) is 1.92. The third-order valence-corrected chi connectivity index (χ3v) is 2.94. The maximum atomic E-state index is 4.30. The summed E-state index contributed by atoms with van der Waals surface area (Å²) < 4.78 is 0. The Balaban J connectivity index is 1.93. The zero-order valence-electron chi connectivity index (χ0n) is 11.0. The standard InChI is InChI=1S/C13H22N4/c1-13(2,3)14-10-11-6-7-12(16-15-11)17-8-4-5-9-17/h6-7,14H,4-5,8-10H2,1-3H3. The summed E-state index contributed by atoms with van der Waals surface area (Å²) in [6, 6.07) is 4.15. The van der Waals surface area contributed by atoms with Crippen molar-refractivity contribution in [1.82, 2.24) is 15.5 Å². The lowest BCUT2D eigenvalue weighted by Gasteiger charge is -2.20. The molecule has 2 rings (SSSR count). The van der Waals surface area contributed by atoms with Gasteiger partial charge in [-0.3, -0.25) is 0 Å². The van der Waals surface area contributed by atoms with Crippen molar-refractivity contribution in [3.05, 3.63) is 17.8 Å². The zero-order valence-corrected chi connectivity index (χ0v) is 11.0. The smallest absolute Gasteiger partial charge is 0.151 e. The second-order valence-electron chi connectivity index (χ2n) is 5.68. The number of hydrogen-bond donors (Lipinski definition) is 1. The first-order valence-electron chi connectivity index (χ1n) is 6.37. The minimum absolute atomic E-state index is 0.120. The number of rotatable bonds is 3. The summed E-state index contributed by atoms with van der Waals surface area (Å²) >= 11 is 0. The molecule has 1 saturated heterocycles. The Morgan fingerprint density at radius 3 is 2.41 bits per heavy atom. The Hall–Kier alpha value is -1.16. The summed E-state index contributed by atoms with van der Waals surface area (Å²) in [4.78, 5) is 2.30. The molecule has 0 aromatic carbocycles. The summed E-state index contributed by atoms with van der Waals surface area (Å²) in [5, 5.41) is 12.0. The number of nitrogens with one attached hydrogen (secondary N) is 1. The van der Waals surface area contributed by atoms with Gasteiger partial charge in [-0.2, -0.15) is 5.10 Å². The van der Waals surface area contributed by atoms with Gasteiger partial charge in [-0.1, -0.05) is 0 Å². The number of nitrogens with zero attached hydrogens (tertiary/aromatic N) is 3. The van der Waals surface area contributed by atoms with Crippen molar-refractivity contribution >= 4 is 5.82 Å². The molecule has 0 unspecified atom stereocenters. The van der Waals surface area contributed by atoms with Crippen LogP contribution in [0.15, 0.2) is 12.1 Å². The van der Waals surface area contributed by atoms with Gasteiger partial charge in [0.1, 0.15) is 0 Å². The fraction of sp³-hybridized carbons (Fsp3) is 0.692. The van der Waals surface area contributed by atoms with Gasteiger partial charge in [-0.05, 0) is 45.7 Å². The Bertz CT molecular complexity index is 347. The van der Waals surface area contributed by atoms with Crippen molar-refractivity contribution in [3.8, 4) is 0 Å². The van der Waals surface area contributed by atoms with Crippen molar-refractivity contribution in [3.63, 3.8) is 0 Å². The van der Waals surface area contributed by atoms with Crippen LogP contribution >= 0.6 is 0 Å². The first-order valence-corrected chi connectivity index (χ1v) is 6.37. The molecular weight excluding hydrogens is 212 g/mol. The van der Waals surface area contributed by atoms with Crippen LogP contribution in [0.25, 0.3) is 0 Å². The molecule has 1 N–H and O–H groups in total. The second kappa shape index (κ2) is 5.00. The molecular formula is C13H22N4. The van der Waals surface area contributed by atoms with E-state index in [1.54, 1.807) is 0 Å². The highest BCUT2D eigenvalue weighted by molar-refractivity contribution is 5.38. The lowest BCUT2D eigenvalue weighted by atomic mass is 10.1. The van der Waals surface area contributed by atoms with E-state index < -0.39 is 0 Å². The summed E-state index contributed by atoms with van der Waals surface area (Å²) in [7, 11) is 0. The van der Waals surface area contributed by atoms with E-state index in [0.29, 0.717) is 0 Å². The van der Waals surface area contributed by atoms with Gasteiger partial charge in [-0.15, -0.1) is 5.10 Å². The van der Waals surface area contributed by atoms with Crippen LogP contribution < -0.4 is 10.2 Å².